The lowest BCUT2D eigenvalue weighted by molar-refractivity contribution is -0.124. The molecule has 1 aromatic heterocycles. The van der Waals surface area contributed by atoms with E-state index < -0.39 is 10.0 Å². The molecule has 0 bridgehead atoms. The number of aromatic nitrogens is 2. The number of aryl methyl sites for hydroxylation is 2. The molecule has 0 radical (unpaired) electrons. The van der Waals surface area contributed by atoms with Gasteiger partial charge in [-0.05, 0) is 31.6 Å². The largest absolute Gasteiger partial charge is 0.353 e. The smallest absolute Gasteiger partial charge is 0.262 e. The summed E-state index contributed by atoms with van der Waals surface area (Å²) in [6.07, 6.45) is 4.11. The number of nitrogens with one attached hydrogen (secondary N) is 1. The van der Waals surface area contributed by atoms with Crippen molar-refractivity contribution in [2.24, 2.45) is 18.4 Å². The molecule has 2 aliphatic rings. The zero-order valence-electron chi connectivity index (χ0n) is 14.7. The van der Waals surface area contributed by atoms with Gasteiger partial charge in [-0.25, -0.2) is 13.4 Å². The molecule has 1 aromatic rings. The van der Waals surface area contributed by atoms with Crippen LogP contribution >= 0.6 is 0 Å². The number of imidazole rings is 1. The Morgan fingerprint density at radius 1 is 1.38 bits per heavy atom. The van der Waals surface area contributed by atoms with Crippen LogP contribution in [0, 0.1) is 18.3 Å². The van der Waals surface area contributed by atoms with Gasteiger partial charge in [0.2, 0.25) is 5.91 Å². The summed E-state index contributed by atoms with van der Waals surface area (Å²) in [6.45, 7) is 6.54. The Kier molecular flexibility index (Phi) is 4.24. The minimum Gasteiger partial charge on any atom is -0.353 e. The minimum absolute atomic E-state index is 0.0180. The molecule has 24 heavy (non-hydrogen) atoms. The molecule has 1 unspecified atom stereocenters. The molecule has 2 heterocycles. The van der Waals surface area contributed by atoms with Crippen LogP contribution in [0.15, 0.2) is 11.2 Å². The Morgan fingerprint density at radius 2 is 2.00 bits per heavy atom. The lowest BCUT2D eigenvalue weighted by Crippen LogP contribution is -2.42. The van der Waals surface area contributed by atoms with Crippen molar-refractivity contribution in [3.8, 4) is 0 Å². The highest BCUT2D eigenvalue weighted by Gasteiger charge is 2.56. The summed E-state index contributed by atoms with van der Waals surface area (Å²) in [5, 5.41) is 3.21. The van der Waals surface area contributed by atoms with Gasteiger partial charge < -0.3 is 9.88 Å². The summed E-state index contributed by atoms with van der Waals surface area (Å²) in [6, 6.07) is 0.203. The normalized spacial score (nSPS) is 23.6. The molecule has 8 heteroatoms. The van der Waals surface area contributed by atoms with E-state index in [0.29, 0.717) is 18.9 Å². The van der Waals surface area contributed by atoms with E-state index in [9.17, 15) is 13.2 Å². The average molecular weight is 354 g/mol. The Balaban J connectivity index is 1.63. The summed E-state index contributed by atoms with van der Waals surface area (Å²) in [7, 11) is -1.74. The van der Waals surface area contributed by atoms with E-state index in [1.54, 1.807) is 24.7 Å². The maximum Gasteiger partial charge on any atom is 0.262 e. The molecule has 1 N–H and O–H groups in total. The second kappa shape index (κ2) is 5.84. The molecular weight excluding hydrogens is 328 g/mol. The van der Waals surface area contributed by atoms with Gasteiger partial charge in [-0.15, -0.1) is 0 Å². The van der Waals surface area contributed by atoms with E-state index in [1.165, 1.54) is 4.31 Å². The fraction of sp³-hybridized carbons (Fsp3) is 0.750. The molecule has 134 valence electrons. The summed E-state index contributed by atoms with van der Waals surface area (Å²) in [5.74, 6) is 0.743. The number of hydrogen-bond donors (Lipinski definition) is 1. The lowest BCUT2D eigenvalue weighted by Gasteiger charge is -2.31. The van der Waals surface area contributed by atoms with Crippen LogP contribution < -0.4 is 5.32 Å². The van der Waals surface area contributed by atoms with Gasteiger partial charge in [0, 0.05) is 38.3 Å². The first kappa shape index (κ1) is 17.4. The number of carbonyl (C=O) groups excluding carboxylic acids is 1. The van der Waals surface area contributed by atoms with Crippen molar-refractivity contribution in [2.75, 3.05) is 13.1 Å². The molecule has 1 atom stereocenters. The number of piperidine rings is 1. The second-order valence-electron chi connectivity index (χ2n) is 7.42. The molecule has 1 saturated carbocycles. The van der Waals surface area contributed by atoms with Gasteiger partial charge in [0.05, 0.1) is 0 Å². The Labute approximate surface area is 143 Å². The van der Waals surface area contributed by atoms with Crippen LogP contribution in [0.3, 0.4) is 0 Å². The van der Waals surface area contributed by atoms with Crippen LogP contribution in [0.25, 0.3) is 0 Å². The zero-order chi connectivity index (χ0) is 17.7. The molecule has 3 rings (SSSR count). The molecule has 1 aliphatic carbocycles. The highest BCUT2D eigenvalue weighted by Crippen LogP contribution is 2.54. The number of sulfonamides is 1. The Morgan fingerprint density at radius 3 is 2.50 bits per heavy atom. The van der Waals surface area contributed by atoms with E-state index in [-0.39, 0.29) is 28.3 Å². The van der Waals surface area contributed by atoms with Gasteiger partial charge in [-0.2, -0.15) is 4.31 Å². The van der Waals surface area contributed by atoms with Crippen LogP contribution in [-0.4, -0.2) is 47.3 Å². The standard InChI is InChI=1S/C16H26N4O3S/c1-11(2)15(21)18-13-9-16(13)5-7-20(8-6-16)24(22,23)14-10-19(4)12(3)17-14/h10-11,13H,5-9H2,1-4H3,(H,18,21). The monoisotopic (exact) mass is 354 g/mol. The number of amides is 1. The van der Waals surface area contributed by atoms with E-state index in [1.807, 2.05) is 13.8 Å². The molecule has 0 aromatic carbocycles. The highest BCUT2D eigenvalue weighted by atomic mass is 32.2. The van der Waals surface area contributed by atoms with Crippen molar-refractivity contribution in [2.45, 2.75) is 51.1 Å². The third-order valence-electron chi connectivity index (χ3n) is 5.44. The lowest BCUT2D eigenvalue weighted by atomic mass is 9.94. The van der Waals surface area contributed by atoms with E-state index >= 15 is 0 Å². The third kappa shape index (κ3) is 2.97. The van der Waals surface area contributed by atoms with E-state index in [4.69, 9.17) is 0 Å². The molecule has 1 amide bonds. The van der Waals surface area contributed by atoms with Crippen LogP contribution in [0.4, 0.5) is 0 Å². The molecular formula is C16H26N4O3S. The molecule has 1 spiro atoms. The SMILES string of the molecule is Cc1nc(S(=O)(=O)N2CCC3(CC2)CC3NC(=O)C(C)C)cn1C. The fourth-order valence-corrected chi connectivity index (χ4v) is 4.86. The number of hydrogen-bond acceptors (Lipinski definition) is 4. The second-order valence-corrected chi connectivity index (χ2v) is 9.31. The van der Waals surface area contributed by atoms with Crippen molar-refractivity contribution >= 4 is 15.9 Å². The van der Waals surface area contributed by atoms with Gasteiger partial charge in [-0.3, -0.25) is 4.79 Å². The van der Waals surface area contributed by atoms with Crippen molar-refractivity contribution in [3.63, 3.8) is 0 Å². The van der Waals surface area contributed by atoms with Gasteiger partial charge in [-0.1, -0.05) is 13.8 Å². The summed E-state index contributed by atoms with van der Waals surface area (Å²) in [4.78, 5) is 16.0. The third-order valence-corrected chi connectivity index (χ3v) is 7.21. The first-order chi connectivity index (χ1) is 11.2. The molecule has 7 nitrogen and oxygen atoms in total. The number of nitrogens with zero attached hydrogens (tertiary/aromatic N) is 3. The van der Waals surface area contributed by atoms with Crippen LogP contribution in [0.5, 0.6) is 0 Å². The van der Waals surface area contributed by atoms with Crippen molar-refractivity contribution < 1.29 is 13.2 Å². The van der Waals surface area contributed by atoms with Gasteiger partial charge in [0.1, 0.15) is 5.82 Å². The van der Waals surface area contributed by atoms with Crippen LogP contribution in [-0.2, 0) is 21.9 Å². The topological polar surface area (TPSA) is 84.3 Å². The summed E-state index contributed by atoms with van der Waals surface area (Å²) >= 11 is 0. The fourth-order valence-electron chi connectivity index (χ4n) is 3.40. The molecule has 1 saturated heterocycles. The maximum atomic E-state index is 12.7. The van der Waals surface area contributed by atoms with E-state index in [2.05, 4.69) is 10.3 Å². The van der Waals surface area contributed by atoms with E-state index in [0.717, 1.165) is 19.3 Å². The van der Waals surface area contributed by atoms with Gasteiger partial charge in [0.25, 0.3) is 10.0 Å². The zero-order valence-corrected chi connectivity index (χ0v) is 15.6. The highest BCUT2D eigenvalue weighted by molar-refractivity contribution is 7.89. The Hall–Kier alpha value is -1.41. The number of carbonyl (C=O) groups is 1. The number of rotatable bonds is 4. The average Bonchev–Trinajstić information content (AvgIpc) is 3.04. The van der Waals surface area contributed by atoms with Crippen molar-refractivity contribution in [1.82, 2.24) is 19.2 Å². The first-order valence-corrected chi connectivity index (χ1v) is 9.90. The summed E-state index contributed by atoms with van der Waals surface area (Å²) < 4.78 is 28.7. The predicted octanol–water partition coefficient (Wildman–Crippen LogP) is 1.04. The molecule has 1 aliphatic heterocycles. The summed E-state index contributed by atoms with van der Waals surface area (Å²) in [5.41, 5.74) is 0.0939. The molecule has 2 fully saturated rings. The Bertz CT molecular complexity index is 726. The minimum atomic E-state index is -3.53. The van der Waals surface area contributed by atoms with Gasteiger partial charge >= 0.3 is 0 Å². The van der Waals surface area contributed by atoms with Crippen LogP contribution in [0.2, 0.25) is 0 Å². The van der Waals surface area contributed by atoms with Crippen molar-refractivity contribution in [3.05, 3.63) is 12.0 Å². The first-order valence-electron chi connectivity index (χ1n) is 8.46. The predicted molar refractivity (Wildman–Crippen MR) is 89.8 cm³/mol. The quantitative estimate of drug-likeness (QED) is 0.876. The van der Waals surface area contributed by atoms with Crippen LogP contribution in [0.1, 0.15) is 38.9 Å². The van der Waals surface area contributed by atoms with Crippen molar-refractivity contribution in [1.29, 1.82) is 0 Å². The van der Waals surface area contributed by atoms with Gasteiger partial charge in [0.15, 0.2) is 5.03 Å². The maximum absolute atomic E-state index is 12.7.